The standard InChI is InChI=1S/C10H8N2O4/c13-7-2-1-5(4-8(7)14)3-6-9(15)12-10(16)11-6/h1-4,13-14H,(H2,11,12,15,16)/b6-3+. The van der Waals surface area contributed by atoms with Crippen LogP contribution in [0.2, 0.25) is 0 Å². The Kier molecular flexibility index (Phi) is 2.24. The Morgan fingerprint density at radius 2 is 1.81 bits per heavy atom. The number of hydrogen-bond donors (Lipinski definition) is 4. The van der Waals surface area contributed by atoms with Crippen LogP contribution in [0.4, 0.5) is 4.79 Å². The van der Waals surface area contributed by atoms with Gasteiger partial charge in [0, 0.05) is 0 Å². The number of carbonyl (C=O) groups is 2. The van der Waals surface area contributed by atoms with Gasteiger partial charge in [-0.05, 0) is 23.8 Å². The fourth-order valence-corrected chi connectivity index (χ4v) is 1.28. The summed E-state index contributed by atoms with van der Waals surface area (Å²) in [6, 6.07) is 3.48. The maximum absolute atomic E-state index is 11.2. The summed E-state index contributed by atoms with van der Waals surface area (Å²) in [4.78, 5) is 22.0. The van der Waals surface area contributed by atoms with E-state index in [1.165, 1.54) is 24.3 Å². The number of hydrogen-bond acceptors (Lipinski definition) is 4. The Balaban J connectivity index is 2.32. The van der Waals surface area contributed by atoms with Crippen LogP contribution in [0.1, 0.15) is 5.56 Å². The Morgan fingerprint density at radius 3 is 2.38 bits per heavy atom. The lowest BCUT2D eigenvalue weighted by molar-refractivity contribution is -0.115. The van der Waals surface area contributed by atoms with E-state index in [2.05, 4.69) is 5.32 Å². The molecular weight excluding hydrogens is 212 g/mol. The van der Waals surface area contributed by atoms with E-state index >= 15 is 0 Å². The Morgan fingerprint density at radius 1 is 1.06 bits per heavy atom. The molecule has 2 rings (SSSR count). The number of phenols is 2. The molecule has 1 fully saturated rings. The highest BCUT2D eigenvalue weighted by Crippen LogP contribution is 2.25. The van der Waals surface area contributed by atoms with E-state index in [0.717, 1.165) is 0 Å². The summed E-state index contributed by atoms with van der Waals surface area (Å²) < 4.78 is 0. The van der Waals surface area contributed by atoms with Crippen molar-refractivity contribution in [3.05, 3.63) is 29.5 Å². The first-order valence-electron chi connectivity index (χ1n) is 4.42. The number of amides is 3. The molecule has 0 spiro atoms. The van der Waals surface area contributed by atoms with E-state index in [1.807, 2.05) is 5.32 Å². The lowest BCUT2D eigenvalue weighted by atomic mass is 10.1. The van der Waals surface area contributed by atoms with Crippen molar-refractivity contribution in [2.45, 2.75) is 0 Å². The smallest absolute Gasteiger partial charge is 0.326 e. The zero-order chi connectivity index (χ0) is 11.7. The SMILES string of the molecule is O=C1NC(=O)/C(=C\c2ccc(O)c(O)c2)N1. The van der Waals surface area contributed by atoms with Gasteiger partial charge in [0.1, 0.15) is 5.70 Å². The largest absolute Gasteiger partial charge is 0.504 e. The number of phenolic OH excluding ortho intramolecular Hbond substituents is 2. The summed E-state index contributed by atoms with van der Waals surface area (Å²) in [5.41, 5.74) is 0.581. The topological polar surface area (TPSA) is 98.7 Å². The van der Waals surface area contributed by atoms with Gasteiger partial charge in [-0.2, -0.15) is 0 Å². The van der Waals surface area contributed by atoms with Gasteiger partial charge in [0.15, 0.2) is 11.5 Å². The minimum atomic E-state index is -0.584. The third kappa shape index (κ3) is 1.81. The van der Waals surface area contributed by atoms with Crippen LogP contribution in [0.3, 0.4) is 0 Å². The molecule has 1 heterocycles. The maximum atomic E-state index is 11.2. The third-order valence-electron chi connectivity index (χ3n) is 2.03. The number of benzene rings is 1. The number of carbonyl (C=O) groups excluding carboxylic acids is 2. The molecule has 0 bridgehead atoms. The van der Waals surface area contributed by atoms with Crippen LogP contribution in [0.25, 0.3) is 6.08 Å². The second-order valence-corrected chi connectivity index (χ2v) is 3.21. The van der Waals surface area contributed by atoms with Crippen molar-refractivity contribution >= 4 is 18.0 Å². The molecule has 0 radical (unpaired) electrons. The molecular formula is C10H8N2O4. The molecule has 0 atom stereocenters. The van der Waals surface area contributed by atoms with Crippen LogP contribution in [0, 0.1) is 0 Å². The van der Waals surface area contributed by atoms with Gasteiger partial charge in [-0.1, -0.05) is 6.07 Å². The summed E-state index contributed by atoms with van der Waals surface area (Å²) in [6.45, 7) is 0. The normalized spacial score (nSPS) is 17.4. The summed E-state index contributed by atoms with van der Waals surface area (Å²) in [7, 11) is 0. The zero-order valence-electron chi connectivity index (χ0n) is 8.02. The molecule has 1 aliphatic heterocycles. The molecule has 0 saturated carbocycles. The Labute approximate surface area is 90.2 Å². The highest BCUT2D eigenvalue weighted by Gasteiger charge is 2.22. The average molecular weight is 220 g/mol. The van der Waals surface area contributed by atoms with Crippen LogP contribution in [0.5, 0.6) is 11.5 Å². The van der Waals surface area contributed by atoms with Gasteiger partial charge in [0.2, 0.25) is 0 Å². The van der Waals surface area contributed by atoms with E-state index < -0.39 is 11.9 Å². The maximum Gasteiger partial charge on any atom is 0.326 e. The van der Waals surface area contributed by atoms with Crippen LogP contribution in [-0.2, 0) is 4.79 Å². The van der Waals surface area contributed by atoms with E-state index in [9.17, 15) is 14.7 Å². The molecule has 4 N–H and O–H groups in total. The molecule has 1 aliphatic rings. The average Bonchev–Trinajstić information content (AvgIpc) is 2.51. The molecule has 0 unspecified atom stereocenters. The minimum absolute atomic E-state index is 0.0927. The van der Waals surface area contributed by atoms with Gasteiger partial charge in [-0.3, -0.25) is 10.1 Å². The second kappa shape index (κ2) is 3.58. The predicted octanol–water partition coefficient (Wildman–Crippen LogP) is 0.278. The van der Waals surface area contributed by atoms with Gasteiger partial charge in [-0.25, -0.2) is 4.79 Å². The Hall–Kier alpha value is -2.50. The van der Waals surface area contributed by atoms with E-state index in [-0.39, 0.29) is 17.2 Å². The second-order valence-electron chi connectivity index (χ2n) is 3.21. The van der Waals surface area contributed by atoms with Crippen molar-refractivity contribution in [2.24, 2.45) is 0 Å². The summed E-state index contributed by atoms with van der Waals surface area (Å²) in [5, 5.41) is 22.7. The first kappa shape index (κ1) is 10.0. The molecule has 1 aromatic rings. The van der Waals surface area contributed by atoms with Crippen molar-refractivity contribution in [3.8, 4) is 11.5 Å². The molecule has 82 valence electrons. The van der Waals surface area contributed by atoms with Crippen LogP contribution >= 0.6 is 0 Å². The summed E-state index contributed by atoms with van der Waals surface area (Å²) in [6.07, 6.45) is 1.39. The van der Waals surface area contributed by atoms with Gasteiger partial charge < -0.3 is 15.5 Å². The van der Waals surface area contributed by atoms with Gasteiger partial charge >= 0.3 is 6.03 Å². The number of aromatic hydroxyl groups is 2. The van der Waals surface area contributed by atoms with Crippen molar-refractivity contribution in [2.75, 3.05) is 0 Å². The molecule has 16 heavy (non-hydrogen) atoms. The van der Waals surface area contributed by atoms with Crippen molar-refractivity contribution in [1.82, 2.24) is 10.6 Å². The highest BCUT2D eigenvalue weighted by molar-refractivity contribution is 6.13. The first-order valence-corrected chi connectivity index (χ1v) is 4.42. The van der Waals surface area contributed by atoms with E-state index in [1.54, 1.807) is 0 Å². The third-order valence-corrected chi connectivity index (χ3v) is 2.03. The van der Waals surface area contributed by atoms with Gasteiger partial charge in [0.05, 0.1) is 0 Å². The van der Waals surface area contributed by atoms with Crippen molar-refractivity contribution in [1.29, 1.82) is 0 Å². The molecule has 6 heteroatoms. The molecule has 6 nitrogen and oxygen atoms in total. The molecule has 1 saturated heterocycles. The molecule has 3 amide bonds. The highest BCUT2D eigenvalue weighted by atomic mass is 16.3. The summed E-state index contributed by atoms with van der Waals surface area (Å²) in [5.74, 6) is -1.07. The minimum Gasteiger partial charge on any atom is -0.504 e. The lowest BCUT2D eigenvalue weighted by Gasteiger charge is -1.99. The number of rotatable bonds is 1. The number of imide groups is 1. The van der Waals surface area contributed by atoms with Crippen LogP contribution in [0.15, 0.2) is 23.9 Å². The van der Waals surface area contributed by atoms with Crippen LogP contribution in [-0.4, -0.2) is 22.2 Å². The predicted molar refractivity (Wildman–Crippen MR) is 54.4 cm³/mol. The summed E-state index contributed by atoms with van der Waals surface area (Å²) >= 11 is 0. The molecule has 0 aliphatic carbocycles. The quantitative estimate of drug-likeness (QED) is 0.310. The first-order chi connectivity index (χ1) is 7.56. The van der Waals surface area contributed by atoms with Crippen molar-refractivity contribution in [3.63, 3.8) is 0 Å². The monoisotopic (exact) mass is 220 g/mol. The molecule has 0 aromatic heterocycles. The van der Waals surface area contributed by atoms with E-state index in [4.69, 9.17) is 5.11 Å². The Bertz CT molecular complexity index is 508. The van der Waals surface area contributed by atoms with Gasteiger partial charge in [0.25, 0.3) is 5.91 Å². The van der Waals surface area contributed by atoms with Crippen LogP contribution < -0.4 is 10.6 Å². The van der Waals surface area contributed by atoms with Crippen molar-refractivity contribution < 1.29 is 19.8 Å². The number of urea groups is 1. The molecule has 1 aromatic carbocycles. The fraction of sp³-hybridized carbons (Fsp3) is 0. The van der Waals surface area contributed by atoms with Gasteiger partial charge in [-0.15, -0.1) is 0 Å². The van der Waals surface area contributed by atoms with E-state index in [0.29, 0.717) is 5.56 Å². The zero-order valence-corrected chi connectivity index (χ0v) is 8.02. The fourth-order valence-electron chi connectivity index (χ4n) is 1.28. The number of nitrogens with one attached hydrogen (secondary N) is 2. The lowest BCUT2D eigenvalue weighted by Crippen LogP contribution is -2.22.